The molecule has 2 aliphatic rings. The first kappa shape index (κ1) is 17.5. The maximum Gasteiger partial charge on any atom is 0.245 e. The Morgan fingerprint density at radius 2 is 2.12 bits per heavy atom. The predicted molar refractivity (Wildman–Crippen MR) is 98.4 cm³/mol. The molecular formula is C18H26N6O. The Labute approximate surface area is 148 Å². The molecule has 7 nitrogen and oxygen atoms in total. The van der Waals surface area contributed by atoms with E-state index >= 15 is 0 Å². The number of aliphatic imine (C=N–C) groups is 2. The second-order valence-corrected chi connectivity index (χ2v) is 6.76. The molecule has 0 saturated carbocycles. The van der Waals surface area contributed by atoms with Gasteiger partial charge in [-0.3, -0.25) is 14.8 Å². The average Bonchev–Trinajstić information content (AvgIpc) is 2.63. The van der Waals surface area contributed by atoms with Crippen LogP contribution in [0.4, 0.5) is 0 Å². The molecule has 7 heteroatoms. The molecule has 1 fully saturated rings. The van der Waals surface area contributed by atoms with Crippen molar-refractivity contribution in [2.24, 2.45) is 15.7 Å². The van der Waals surface area contributed by atoms with Crippen LogP contribution >= 0.6 is 0 Å². The third kappa shape index (κ3) is 2.93. The summed E-state index contributed by atoms with van der Waals surface area (Å²) in [5.41, 5.74) is 7.75. The van der Waals surface area contributed by atoms with Crippen molar-refractivity contribution in [3.8, 4) is 0 Å². The third-order valence-electron chi connectivity index (χ3n) is 4.92. The molecule has 0 radical (unpaired) electrons. The molecule has 0 spiro atoms. The first-order valence-corrected chi connectivity index (χ1v) is 8.78. The van der Waals surface area contributed by atoms with Gasteiger partial charge in [-0.05, 0) is 31.9 Å². The van der Waals surface area contributed by atoms with E-state index in [0.29, 0.717) is 6.54 Å². The summed E-state index contributed by atoms with van der Waals surface area (Å²) in [5, 5.41) is 0. The van der Waals surface area contributed by atoms with Crippen molar-refractivity contribution in [1.82, 2.24) is 14.8 Å². The van der Waals surface area contributed by atoms with Crippen molar-refractivity contribution in [2.45, 2.75) is 58.0 Å². The number of pyridine rings is 1. The quantitative estimate of drug-likeness (QED) is 0.895. The summed E-state index contributed by atoms with van der Waals surface area (Å²) in [4.78, 5) is 30.3. The minimum Gasteiger partial charge on any atom is -0.344 e. The lowest BCUT2D eigenvalue weighted by atomic mass is 9.99. The third-order valence-corrected chi connectivity index (χ3v) is 4.92. The van der Waals surface area contributed by atoms with Crippen LogP contribution in [0.3, 0.4) is 0 Å². The maximum atomic E-state index is 12.7. The lowest BCUT2D eigenvalue weighted by molar-refractivity contribution is -0.137. The van der Waals surface area contributed by atoms with Crippen LogP contribution in [0.5, 0.6) is 0 Å². The van der Waals surface area contributed by atoms with Gasteiger partial charge in [0, 0.05) is 43.8 Å². The van der Waals surface area contributed by atoms with Crippen LogP contribution in [0, 0.1) is 0 Å². The highest BCUT2D eigenvalue weighted by Crippen LogP contribution is 2.30. The molecule has 0 aliphatic carbocycles. The predicted octanol–water partition coefficient (Wildman–Crippen LogP) is 1.35. The van der Waals surface area contributed by atoms with Gasteiger partial charge < -0.3 is 15.5 Å². The van der Waals surface area contributed by atoms with E-state index in [-0.39, 0.29) is 30.2 Å². The van der Waals surface area contributed by atoms with E-state index in [9.17, 15) is 4.79 Å². The van der Waals surface area contributed by atoms with Crippen LogP contribution in [-0.2, 0) is 11.3 Å². The van der Waals surface area contributed by atoms with Crippen molar-refractivity contribution in [3.05, 3.63) is 29.6 Å². The van der Waals surface area contributed by atoms with Crippen molar-refractivity contribution in [1.29, 1.82) is 0 Å². The summed E-state index contributed by atoms with van der Waals surface area (Å²) in [6.45, 7) is 6.63. The fourth-order valence-electron chi connectivity index (χ4n) is 3.61. The average molecular weight is 342 g/mol. The van der Waals surface area contributed by atoms with Gasteiger partial charge in [-0.2, -0.15) is 0 Å². The van der Waals surface area contributed by atoms with Crippen LogP contribution in [0.1, 0.15) is 44.5 Å². The van der Waals surface area contributed by atoms with Crippen molar-refractivity contribution in [2.75, 3.05) is 7.05 Å². The Morgan fingerprint density at radius 1 is 1.36 bits per heavy atom. The zero-order valence-electron chi connectivity index (χ0n) is 15.3. The molecule has 0 aromatic carbocycles. The fraction of sp³-hybridized carbons (Fsp3) is 0.556. The lowest BCUT2D eigenvalue weighted by Gasteiger charge is -2.48. The number of likely N-dealkylation sites (N-methyl/N-ethyl adjacent to an activating group) is 1. The molecule has 1 amide bonds. The first-order chi connectivity index (χ1) is 12.0. The van der Waals surface area contributed by atoms with E-state index in [1.807, 2.05) is 26.3 Å². The number of nitrogens with zero attached hydrogens (tertiary/aromatic N) is 5. The van der Waals surface area contributed by atoms with Gasteiger partial charge in [0.05, 0.1) is 0 Å². The second-order valence-electron chi connectivity index (χ2n) is 6.76. The van der Waals surface area contributed by atoms with E-state index in [1.54, 1.807) is 17.3 Å². The minimum atomic E-state index is -0.340. The lowest BCUT2D eigenvalue weighted by Crippen LogP contribution is -2.66. The SMILES string of the molecule is CCC1C(=O)N(C)C2C=N[C@H](c3ccncc3CN)N=C2N1C(C)C. The molecule has 0 bridgehead atoms. The number of hydrogen-bond acceptors (Lipinski definition) is 6. The number of amides is 1. The number of piperazine rings is 1. The van der Waals surface area contributed by atoms with E-state index in [1.165, 1.54) is 0 Å². The number of hydrogen-bond donors (Lipinski definition) is 1. The largest absolute Gasteiger partial charge is 0.344 e. The molecule has 134 valence electrons. The number of rotatable bonds is 4. The molecule has 1 aromatic rings. The van der Waals surface area contributed by atoms with Crippen LogP contribution in [0.25, 0.3) is 0 Å². The molecule has 2 N–H and O–H groups in total. The number of amidine groups is 1. The van der Waals surface area contributed by atoms with Crippen LogP contribution in [0.2, 0.25) is 0 Å². The van der Waals surface area contributed by atoms with Crippen LogP contribution in [0.15, 0.2) is 28.4 Å². The molecule has 2 aliphatic heterocycles. The molecule has 25 heavy (non-hydrogen) atoms. The van der Waals surface area contributed by atoms with Gasteiger partial charge in [0.2, 0.25) is 5.91 Å². The molecule has 1 saturated heterocycles. The summed E-state index contributed by atoms with van der Waals surface area (Å²) in [6.07, 6.45) is 5.75. The smallest absolute Gasteiger partial charge is 0.245 e. The van der Waals surface area contributed by atoms with E-state index in [4.69, 9.17) is 10.7 Å². The van der Waals surface area contributed by atoms with E-state index < -0.39 is 0 Å². The molecule has 2 unspecified atom stereocenters. The Balaban J connectivity index is 2.05. The standard InChI is InChI=1S/C18H26N6O/c1-5-14-18(25)23(4)15-10-21-16(22-17(15)24(14)11(2)3)13-6-7-20-9-12(13)8-19/h6-7,9-11,14-16H,5,8,19H2,1-4H3/t14?,15?,16-/m0/s1. The fourth-order valence-corrected chi connectivity index (χ4v) is 3.61. The number of nitrogens with two attached hydrogens (primary N) is 1. The summed E-state index contributed by atoms with van der Waals surface area (Å²) < 4.78 is 0. The Kier molecular flexibility index (Phi) is 4.85. The Bertz CT molecular complexity index is 713. The number of carbonyl (C=O) groups is 1. The topological polar surface area (TPSA) is 87.2 Å². The van der Waals surface area contributed by atoms with Gasteiger partial charge in [-0.1, -0.05) is 6.92 Å². The zero-order chi connectivity index (χ0) is 18.1. The van der Waals surface area contributed by atoms with Gasteiger partial charge in [-0.25, -0.2) is 4.99 Å². The minimum absolute atomic E-state index is 0.122. The first-order valence-electron chi connectivity index (χ1n) is 8.78. The van der Waals surface area contributed by atoms with Gasteiger partial charge in [0.1, 0.15) is 17.9 Å². The van der Waals surface area contributed by atoms with E-state index in [0.717, 1.165) is 23.4 Å². The molecule has 1 aromatic heterocycles. The van der Waals surface area contributed by atoms with Crippen molar-refractivity contribution >= 4 is 18.0 Å². The van der Waals surface area contributed by atoms with Gasteiger partial charge in [0.15, 0.2) is 6.17 Å². The van der Waals surface area contributed by atoms with Gasteiger partial charge >= 0.3 is 0 Å². The number of aromatic nitrogens is 1. The molecule has 3 heterocycles. The van der Waals surface area contributed by atoms with Crippen LogP contribution in [-0.4, -0.2) is 57.9 Å². The normalized spacial score (nSPS) is 26.1. The zero-order valence-corrected chi connectivity index (χ0v) is 15.3. The van der Waals surface area contributed by atoms with Gasteiger partial charge in [0.25, 0.3) is 0 Å². The molecule has 3 rings (SSSR count). The highest BCUT2D eigenvalue weighted by Gasteiger charge is 2.43. The Hall–Kier alpha value is -2.28. The number of carbonyl (C=O) groups excluding carboxylic acids is 1. The summed E-state index contributed by atoms with van der Waals surface area (Å²) in [5.74, 6) is 1.03. The van der Waals surface area contributed by atoms with Crippen molar-refractivity contribution in [3.63, 3.8) is 0 Å². The second kappa shape index (κ2) is 6.92. The highest BCUT2D eigenvalue weighted by atomic mass is 16.2. The highest BCUT2D eigenvalue weighted by molar-refractivity contribution is 6.09. The molecular weight excluding hydrogens is 316 g/mol. The molecule has 3 atom stereocenters. The van der Waals surface area contributed by atoms with Gasteiger partial charge in [-0.15, -0.1) is 0 Å². The summed E-state index contributed by atoms with van der Waals surface area (Å²) in [7, 11) is 1.83. The van der Waals surface area contributed by atoms with Crippen LogP contribution < -0.4 is 5.73 Å². The number of fused-ring (bicyclic) bond motifs is 1. The Morgan fingerprint density at radius 3 is 2.76 bits per heavy atom. The monoisotopic (exact) mass is 342 g/mol. The summed E-state index contributed by atoms with van der Waals surface area (Å²) in [6, 6.07) is 1.71. The van der Waals surface area contributed by atoms with E-state index in [2.05, 4.69) is 28.7 Å². The maximum absolute atomic E-state index is 12.7. The van der Waals surface area contributed by atoms with Crippen molar-refractivity contribution < 1.29 is 4.79 Å². The summed E-state index contributed by atoms with van der Waals surface area (Å²) >= 11 is 0.